The Bertz CT molecular complexity index is 1320. The van der Waals surface area contributed by atoms with Crippen LogP contribution in [-0.4, -0.2) is 35.5 Å². The third kappa shape index (κ3) is 15.4. The van der Waals surface area contributed by atoms with Crippen molar-refractivity contribution in [2.45, 2.75) is 240 Å². The molecule has 344 valence electrons. The quantitative estimate of drug-likeness (QED) is 0.0536. The largest absolute Gasteiger partial charge is 0.379 e. The van der Waals surface area contributed by atoms with E-state index >= 15 is 0 Å². The summed E-state index contributed by atoms with van der Waals surface area (Å²) in [7, 11) is 0. The molecule has 0 bridgehead atoms. The molecule has 4 aliphatic rings. The van der Waals surface area contributed by atoms with Gasteiger partial charge >= 0.3 is 0 Å². The molecule has 9 atom stereocenters. The summed E-state index contributed by atoms with van der Waals surface area (Å²) in [6.45, 7) is 18.4. The molecule has 1 aromatic rings. The van der Waals surface area contributed by atoms with Crippen LogP contribution < -0.4 is 0 Å². The van der Waals surface area contributed by atoms with Crippen LogP contribution >= 0.6 is 0 Å². The molecule has 3 saturated carbocycles. The van der Waals surface area contributed by atoms with Gasteiger partial charge in [0.1, 0.15) is 0 Å². The van der Waals surface area contributed by atoms with E-state index in [-0.39, 0.29) is 6.10 Å². The highest BCUT2D eigenvalue weighted by atomic mass is 16.5. The predicted octanol–water partition coefficient (Wildman–Crippen LogP) is 16.5. The highest BCUT2D eigenvalue weighted by Crippen LogP contribution is 2.67. The lowest BCUT2D eigenvalue weighted by atomic mass is 9.46. The molecule has 1 heterocycles. The summed E-state index contributed by atoms with van der Waals surface area (Å²) in [5.74, 6) is 6.46. The van der Waals surface area contributed by atoms with Gasteiger partial charge in [0.2, 0.25) is 0 Å². The Labute approximate surface area is 372 Å². The molecule has 4 nitrogen and oxygen atoms in total. The summed E-state index contributed by atoms with van der Waals surface area (Å²) in [5.41, 5.74) is 2.95. The Balaban J connectivity index is 0.916. The average molecular weight is 831 g/mol. The highest BCUT2D eigenvalue weighted by molar-refractivity contribution is 5.25. The van der Waals surface area contributed by atoms with Crippen LogP contribution in [0.15, 0.2) is 42.5 Å². The lowest BCUT2D eigenvalue weighted by molar-refractivity contribution is -0.0530. The zero-order valence-corrected chi connectivity index (χ0v) is 40.6. The van der Waals surface area contributed by atoms with E-state index in [1.54, 1.807) is 0 Å². The fourth-order valence-corrected chi connectivity index (χ4v) is 13.4. The second-order valence-corrected chi connectivity index (χ2v) is 22.0. The van der Waals surface area contributed by atoms with E-state index < -0.39 is 0 Å². The van der Waals surface area contributed by atoms with Crippen LogP contribution in [0.2, 0.25) is 0 Å². The van der Waals surface area contributed by atoms with Crippen molar-refractivity contribution in [1.82, 2.24) is 9.55 Å². The van der Waals surface area contributed by atoms with Crippen LogP contribution in [0.4, 0.5) is 0 Å². The highest BCUT2D eigenvalue weighted by Gasteiger charge is 2.59. The van der Waals surface area contributed by atoms with Crippen LogP contribution in [0.5, 0.6) is 0 Å². The van der Waals surface area contributed by atoms with E-state index in [2.05, 4.69) is 69.3 Å². The number of allylic oxidation sites excluding steroid dienone is 4. The second kappa shape index (κ2) is 27.1. The first-order chi connectivity index (χ1) is 29.2. The maximum atomic E-state index is 6.47. The Morgan fingerprint density at radius 3 is 2.22 bits per heavy atom. The fourth-order valence-electron chi connectivity index (χ4n) is 13.4. The van der Waals surface area contributed by atoms with Crippen LogP contribution in [0.25, 0.3) is 0 Å². The first kappa shape index (κ1) is 49.6. The van der Waals surface area contributed by atoms with Gasteiger partial charge in [-0.2, -0.15) is 0 Å². The van der Waals surface area contributed by atoms with Crippen molar-refractivity contribution < 1.29 is 9.47 Å². The maximum absolute atomic E-state index is 6.47. The van der Waals surface area contributed by atoms with E-state index in [0.29, 0.717) is 17.4 Å². The zero-order valence-electron chi connectivity index (χ0n) is 40.6. The molecular formula is C56H98N2O2. The molecule has 0 aromatic carbocycles. The molecule has 0 amide bonds. The lowest BCUT2D eigenvalue weighted by Crippen LogP contribution is -2.50. The number of hydrogen-bond donors (Lipinski definition) is 0. The molecule has 60 heavy (non-hydrogen) atoms. The Morgan fingerprint density at radius 1 is 0.767 bits per heavy atom. The van der Waals surface area contributed by atoms with Crippen molar-refractivity contribution in [1.29, 1.82) is 0 Å². The Hall–Kier alpha value is -1.39. The monoisotopic (exact) mass is 831 g/mol. The molecule has 0 N–H and O–H groups in total. The SMILES string of the molecule is CCCCCCCCC=CCCCCCCCCOCC(Cn1ccnc1)OCCCCCC1CCC2(C)C(=CCC3C2CCC2(C)C(C(C)CCCC(C)C)CCC32)C1. The van der Waals surface area contributed by atoms with Gasteiger partial charge in [-0.1, -0.05) is 162 Å². The fraction of sp³-hybridized carbons (Fsp3) is 0.875. The molecule has 4 heteroatoms. The number of hydrogen-bond acceptors (Lipinski definition) is 3. The van der Waals surface area contributed by atoms with Crippen LogP contribution in [0.3, 0.4) is 0 Å². The van der Waals surface area contributed by atoms with Gasteiger partial charge in [0, 0.05) is 25.6 Å². The summed E-state index contributed by atoms with van der Waals surface area (Å²) in [5, 5.41) is 0. The molecule has 1 aromatic heterocycles. The molecule has 4 aliphatic carbocycles. The average Bonchev–Trinajstić information content (AvgIpc) is 3.88. The first-order valence-corrected chi connectivity index (χ1v) is 26.7. The third-order valence-electron chi connectivity index (χ3n) is 17.1. The van der Waals surface area contributed by atoms with Gasteiger partial charge in [0.15, 0.2) is 0 Å². The Morgan fingerprint density at radius 2 is 1.48 bits per heavy atom. The van der Waals surface area contributed by atoms with Crippen molar-refractivity contribution in [3.63, 3.8) is 0 Å². The lowest BCUT2D eigenvalue weighted by Gasteiger charge is -2.58. The minimum atomic E-state index is 0.0947. The van der Waals surface area contributed by atoms with Gasteiger partial charge in [0.05, 0.1) is 25.6 Å². The number of fused-ring (bicyclic) bond motifs is 5. The van der Waals surface area contributed by atoms with Crippen molar-refractivity contribution in [3.8, 4) is 0 Å². The van der Waals surface area contributed by atoms with Gasteiger partial charge in [-0.25, -0.2) is 4.98 Å². The maximum Gasteiger partial charge on any atom is 0.0987 e. The second-order valence-electron chi connectivity index (χ2n) is 22.0. The summed E-state index contributed by atoms with van der Waals surface area (Å²) in [4.78, 5) is 4.27. The number of ether oxygens (including phenoxy) is 2. The summed E-state index contributed by atoms with van der Waals surface area (Å²) < 4.78 is 14.8. The summed E-state index contributed by atoms with van der Waals surface area (Å²) in [6, 6.07) is 0. The molecule has 0 radical (unpaired) electrons. The van der Waals surface area contributed by atoms with Crippen molar-refractivity contribution in [2.24, 2.45) is 52.3 Å². The van der Waals surface area contributed by atoms with Crippen molar-refractivity contribution in [2.75, 3.05) is 19.8 Å². The molecule has 9 unspecified atom stereocenters. The molecule has 0 spiro atoms. The number of aromatic nitrogens is 2. The van der Waals surface area contributed by atoms with Crippen molar-refractivity contribution >= 4 is 0 Å². The first-order valence-electron chi connectivity index (χ1n) is 26.7. The number of unbranched alkanes of at least 4 members (excludes halogenated alkanes) is 14. The van der Waals surface area contributed by atoms with Gasteiger partial charge < -0.3 is 14.0 Å². The van der Waals surface area contributed by atoms with Crippen LogP contribution in [0.1, 0.15) is 228 Å². The predicted molar refractivity (Wildman–Crippen MR) is 257 cm³/mol. The zero-order chi connectivity index (χ0) is 42.5. The number of nitrogens with zero attached hydrogens (tertiary/aromatic N) is 2. The van der Waals surface area contributed by atoms with E-state index in [1.807, 2.05) is 24.3 Å². The van der Waals surface area contributed by atoms with Crippen LogP contribution in [0, 0.1) is 52.3 Å². The summed E-state index contributed by atoms with van der Waals surface area (Å²) in [6.07, 6.45) is 53.5. The van der Waals surface area contributed by atoms with Gasteiger partial charge in [-0.05, 0) is 142 Å². The normalized spacial score (nSPS) is 28.8. The molecule has 0 aliphatic heterocycles. The molecule has 5 rings (SSSR count). The van der Waals surface area contributed by atoms with Crippen molar-refractivity contribution in [3.05, 3.63) is 42.5 Å². The third-order valence-corrected chi connectivity index (χ3v) is 17.1. The number of rotatable bonds is 32. The Kier molecular flexibility index (Phi) is 22.4. The van der Waals surface area contributed by atoms with E-state index in [1.165, 1.54) is 173 Å². The minimum Gasteiger partial charge on any atom is -0.379 e. The van der Waals surface area contributed by atoms with E-state index in [4.69, 9.17) is 9.47 Å². The standard InChI is InChI=1S/C56H98N2O2/c1-7-8-9-10-11-12-13-14-15-16-17-18-19-20-21-24-40-59-44-50(43-58-39-38-57-45-58)60-41-25-22-23-29-48-34-36-55(5)49(42-48)30-31-51-53-33-32-52(47(4)28-26-27-46(2)3)56(53,6)37-35-54(51)55/h14-15,30,38-39,45-48,50-54H,7-13,16-29,31-37,40-44H2,1-6H3. The smallest absolute Gasteiger partial charge is 0.0987 e. The van der Waals surface area contributed by atoms with Gasteiger partial charge in [0.25, 0.3) is 0 Å². The van der Waals surface area contributed by atoms with Gasteiger partial charge in [-0.15, -0.1) is 0 Å². The summed E-state index contributed by atoms with van der Waals surface area (Å²) >= 11 is 0. The van der Waals surface area contributed by atoms with E-state index in [9.17, 15) is 0 Å². The molecular weight excluding hydrogens is 733 g/mol. The minimum absolute atomic E-state index is 0.0947. The molecule has 3 fully saturated rings. The van der Waals surface area contributed by atoms with E-state index in [0.717, 1.165) is 74.0 Å². The van der Waals surface area contributed by atoms with Gasteiger partial charge in [-0.3, -0.25) is 0 Å². The van der Waals surface area contributed by atoms with Crippen LogP contribution in [-0.2, 0) is 16.0 Å². The topological polar surface area (TPSA) is 36.3 Å². The molecule has 0 saturated heterocycles. The number of imidazole rings is 1.